The Labute approximate surface area is 196 Å². The van der Waals surface area contributed by atoms with E-state index < -0.39 is 0 Å². The van der Waals surface area contributed by atoms with E-state index in [4.69, 9.17) is 23.2 Å². The van der Waals surface area contributed by atoms with Gasteiger partial charge in [0.1, 0.15) is 0 Å². The van der Waals surface area contributed by atoms with Gasteiger partial charge in [-0.05, 0) is 29.8 Å². The van der Waals surface area contributed by atoms with Crippen LogP contribution in [0.2, 0.25) is 10.0 Å². The molecule has 0 saturated heterocycles. The summed E-state index contributed by atoms with van der Waals surface area (Å²) in [6.07, 6.45) is 2.52. The van der Waals surface area contributed by atoms with Gasteiger partial charge in [0.25, 0.3) is 0 Å². The molecule has 0 unspecified atom stereocenters. The quantitative estimate of drug-likeness (QED) is 0.285. The first-order valence-electron chi connectivity index (χ1n) is 8.88. The molecule has 30 heavy (non-hydrogen) atoms. The molecule has 0 aliphatic carbocycles. The van der Waals surface area contributed by atoms with Crippen LogP contribution in [-0.4, -0.2) is 21.6 Å². The van der Waals surface area contributed by atoms with E-state index in [9.17, 15) is 4.79 Å². The molecule has 0 aliphatic heterocycles. The number of benzene rings is 2. The number of carbonyl (C=O) groups is 1. The lowest BCUT2D eigenvalue weighted by molar-refractivity contribution is -0.113. The summed E-state index contributed by atoms with van der Waals surface area (Å²) < 4.78 is 0.843. The number of thioether (sulfide) groups is 1. The summed E-state index contributed by atoms with van der Waals surface area (Å²) in [5, 5.41) is 6.84. The molecule has 0 atom stereocenters. The van der Waals surface area contributed by atoms with Crippen molar-refractivity contribution < 1.29 is 4.79 Å². The number of hydrogen-bond acceptors (Lipinski definition) is 6. The molecule has 1 N–H and O–H groups in total. The molecule has 4 aromatic rings. The van der Waals surface area contributed by atoms with Crippen LogP contribution in [0.3, 0.4) is 0 Å². The summed E-state index contributed by atoms with van der Waals surface area (Å²) in [5.74, 6) is 0.170. The number of thiazole rings is 2. The van der Waals surface area contributed by atoms with Gasteiger partial charge in [-0.15, -0.1) is 22.7 Å². The molecule has 2 heterocycles. The largest absolute Gasteiger partial charge is 0.301 e. The maximum Gasteiger partial charge on any atom is 0.236 e. The molecule has 9 heteroatoms. The lowest BCUT2D eigenvalue weighted by Crippen LogP contribution is -2.13. The predicted molar refractivity (Wildman–Crippen MR) is 128 cm³/mol. The molecular weight excluding hydrogens is 477 g/mol. The van der Waals surface area contributed by atoms with E-state index in [2.05, 4.69) is 15.3 Å². The van der Waals surface area contributed by atoms with E-state index in [1.165, 1.54) is 34.4 Å². The molecule has 1 amide bonds. The first-order chi connectivity index (χ1) is 14.5. The molecule has 2 aromatic carbocycles. The average molecular weight is 492 g/mol. The van der Waals surface area contributed by atoms with Crippen LogP contribution in [-0.2, 0) is 11.2 Å². The third-order valence-corrected chi connectivity index (χ3v) is 7.44. The Morgan fingerprint density at radius 3 is 2.73 bits per heavy atom. The average Bonchev–Trinajstić information content (AvgIpc) is 3.37. The van der Waals surface area contributed by atoms with Gasteiger partial charge in [-0.2, -0.15) is 0 Å². The highest BCUT2D eigenvalue weighted by Gasteiger charge is 2.11. The fraction of sp³-hybridized carbons (Fsp3) is 0.0952. The van der Waals surface area contributed by atoms with Crippen LogP contribution in [0.5, 0.6) is 0 Å². The maximum absolute atomic E-state index is 12.3. The molecule has 0 spiro atoms. The summed E-state index contributed by atoms with van der Waals surface area (Å²) in [4.78, 5) is 22.2. The Hall–Kier alpha value is -1.90. The number of carbonyl (C=O) groups excluding carboxylic acids is 1. The molecule has 0 saturated carbocycles. The molecule has 0 radical (unpaired) electrons. The minimum Gasteiger partial charge on any atom is -0.301 e. The summed E-state index contributed by atoms with van der Waals surface area (Å²) >= 11 is 16.4. The Kier molecular flexibility index (Phi) is 7.07. The van der Waals surface area contributed by atoms with Crippen LogP contribution in [0.25, 0.3) is 11.3 Å². The molecule has 0 aliphatic rings. The van der Waals surface area contributed by atoms with Gasteiger partial charge in [-0.3, -0.25) is 4.79 Å². The molecule has 4 rings (SSSR count). The van der Waals surface area contributed by atoms with Crippen molar-refractivity contribution in [3.8, 4) is 11.3 Å². The highest BCUT2D eigenvalue weighted by molar-refractivity contribution is 8.01. The Balaban J connectivity index is 1.29. The number of rotatable bonds is 7. The second-order valence-electron chi connectivity index (χ2n) is 6.28. The summed E-state index contributed by atoms with van der Waals surface area (Å²) in [7, 11) is 0. The van der Waals surface area contributed by atoms with Crippen molar-refractivity contribution in [1.82, 2.24) is 9.97 Å². The zero-order valence-corrected chi connectivity index (χ0v) is 19.4. The smallest absolute Gasteiger partial charge is 0.236 e. The number of nitrogens with zero attached hydrogens (tertiary/aromatic N) is 2. The first-order valence-corrected chi connectivity index (χ1v) is 12.3. The van der Waals surface area contributed by atoms with Crippen LogP contribution in [0.1, 0.15) is 10.4 Å². The van der Waals surface area contributed by atoms with Crippen LogP contribution >= 0.6 is 57.6 Å². The molecule has 0 bridgehead atoms. The molecule has 152 valence electrons. The van der Waals surface area contributed by atoms with Gasteiger partial charge in [-0.1, -0.05) is 59.2 Å². The van der Waals surface area contributed by atoms with Crippen LogP contribution in [0, 0.1) is 0 Å². The lowest BCUT2D eigenvalue weighted by atomic mass is 10.1. The van der Waals surface area contributed by atoms with E-state index >= 15 is 0 Å². The summed E-state index contributed by atoms with van der Waals surface area (Å²) in [6.45, 7) is 0. The number of aromatic nitrogens is 2. The van der Waals surface area contributed by atoms with Gasteiger partial charge < -0.3 is 5.32 Å². The minimum absolute atomic E-state index is 0.105. The number of halogens is 2. The van der Waals surface area contributed by atoms with Crippen LogP contribution < -0.4 is 5.32 Å². The van der Waals surface area contributed by atoms with E-state index in [0.717, 1.165) is 32.5 Å². The van der Waals surface area contributed by atoms with Gasteiger partial charge in [0.2, 0.25) is 5.91 Å². The number of hydrogen-bond donors (Lipinski definition) is 1. The third kappa shape index (κ3) is 5.83. The second-order valence-corrected chi connectivity index (χ2v) is 10.3. The number of anilines is 1. The third-order valence-electron chi connectivity index (χ3n) is 4.02. The highest BCUT2D eigenvalue weighted by Crippen LogP contribution is 2.29. The van der Waals surface area contributed by atoms with Gasteiger partial charge in [0.15, 0.2) is 9.47 Å². The topological polar surface area (TPSA) is 54.9 Å². The van der Waals surface area contributed by atoms with Crippen LogP contribution in [0.15, 0.2) is 64.4 Å². The van der Waals surface area contributed by atoms with Crippen molar-refractivity contribution in [2.45, 2.75) is 10.8 Å². The Morgan fingerprint density at radius 1 is 1.10 bits per heavy atom. The Morgan fingerprint density at radius 2 is 1.93 bits per heavy atom. The highest BCUT2D eigenvalue weighted by atomic mass is 35.5. The molecule has 0 fully saturated rings. The van der Waals surface area contributed by atoms with E-state index in [-0.39, 0.29) is 11.7 Å². The van der Waals surface area contributed by atoms with Crippen molar-refractivity contribution in [3.05, 3.63) is 80.6 Å². The van der Waals surface area contributed by atoms with E-state index in [1.807, 2.05) is 53.9 Å². The zero-order valence-electron chi connectivity index (χ0n) is 15.5. The molecular formula is C21H15Cl2N3OS3. The lowest BCUT2D eigenvalue weighted by Gasteiger charge is -2.00. The summed E-state index contributed by atoms with van der Waals surface area (Å²) in [5.41, 5.74) is 2.99. The standard InChI is InChI=1S/C21H15Cl2N3OS3/c22-15-6-4-14(5-7-15)18-11-28-21(25-18)29-12-19(27)26-20-24-10-17(30-20)9-13-2-1-3-16(23)8-13/h1-8,10-11H,9,12H2,(H,24,26,27). The number of nitrogens with one attached hydrogen (secondary N) is 1. The van der Waals surface area contributed by atoms with Crippen molar-refractivity contribution in [2.75, 3.05) is 11.1 Å². The second kappa shape index (κ2) is 9.94. The van der Waals surface area contributed by atoms with E-state index in [0.29, 0.717) is 15.2 Å². The normalized spacial score (nSPS) is 10.9. The Bertz CT molecular complexity index is 1160. The minimum atomic E-state index is -0.105. The summed E-state index contributed by atoms with van der Waals surface area (Å²) in [6, 6.07) is 15.3. The zero-order chi connectivity index (χ0) is 20.9. The first kappa shape index (κ1) is 21.3. The van der Waals surface area contributed by atoms with Gasteiger partial charge >= 0.3 is 0 Å². The fourth-order valence-electron chi connectivity index (χ4n) is 2.65. The van der Waals surface area contributed by atoms with Crippen molar-refractivity contribution in [1.29, 1.82) is 0 Å². The van der Waals surface area contributed by atoms with Gasteiger partial charge in [0.05, 0.1) is 11.4 Å². The fourth-order valence-corrected chi connectivity index (χ4v) is 5.49. The SMILES string of the molecule is O=C(CSc1nc(-c2ccc(Cl)cc2)cs1)Nc1ncc(Cc2cccc(Cl)c2)s1. The van der Waals surface area contributed by atoms with Crippen molar-refractivity contribution >= 4 is 68.7 Å². The van der Waals surface area contributed by atoms with Gasteiger partial charge in [0, 0.05) is 38.5 Å². The van der Waals surface area contributed by atoms with Gasteiger partial charge in [-0.25, -0.2) is 9.97 Å². The van der Waals surface area contributed by atoms with Crippen molar-refractivity contribution in [3.63, 3.8) is 0 Å². The van der Waals surface area contributed by atoms with E-state index in [1.54, 1.807) is 6.20 Å². The number of amides is 1. The molecule has 4 nitrogen and oxygen atoms in total. The monoisotopic (exact) mass is 491 g/mol. The maximum atomic E-state index is 12.3. The predicted octanol–water partition coefficient (Wildman–Crippen LogP) is 6.90. The van der Waals surface area contributed by atoms with Crippen molar-refractivity contribution in [2.24, 2.45) is 0 Å². The van der Waals surface area contributed by atoms with Crippen LogP contribution in [0.4, 0.5) is 5.13 Å². The molecule has 2 aromatic heterocycles.